The van der Waals surface area contributed by atoms with Crippen LogP contribution in [0.25, 0.3) is 20.9 Å². The molecule has 7 heteroatoms. The predicted molar refractivity (Wildman–Crippen MR) is 79.7 cm³/mol. The van der Waals surface area contributed by atoms with E-state index in [0.29, 0.717) is 32.9 Å². The van der Waals surface area contributed by atoms with E-state index < -0.39 is 11.7 Å². The molecule has 3 aromatic rings. The van der Waals surface area contributed by atoms with Gasteiger partial charge in [0.1, 0.15) is 11.5 Å². The van der Waals surface area contributed by atoms with E-state index in [4.69, 9.17) is 4.42 Å². The summed E-state index contributed by atoms with van der Waals surface area (Å²) in [6.07, 6.45) is -1.77. The van der Waals surface area contributed by atoms with Gasteiger partial charge in [-0.15, -0.1) is 11.3 Å². The molecule has 0 spiro atoms. The van der Waals surface area contributed by atoms with E-state index in [9.17, 15) is 18.0 Å². The van der Waals surface area contributed by atoms with Crippen LogP contribution in [0.5, 0.6) is 0 Å². The molecule has 1 saturated carbocycles. The topological polar surface area (TPSA) is 43.1 Å². The van der Waals surface area contributed by atoms with E-state index in [1.807, 2.05) is 0 Å². The average molecular weight is 337 g/mol. The summed E-state index contributed by atoms with van der Waals surface area (Å²) in [4.78, 5) is 15.9. The number of halogens is 3. The van der Waals surface area contributed by atoms with Gasteiger partial charge in [-0.1, -0.05) is 6.07 Å². The Morgan fingerprint density at radius 3 is 2.70 bits per heavy atom. The van der Waals surface area contributed by atoms with Gasteiger partial charge in [-0.3, -0.25) is 4.79 Å². The van der Waals surface area contributed by atoms with Crippen molar-refractivity contribution >= 4 is 27.7 Å². The third-order valence-corrected chi connectivity index (χ3v) is 4.88. The van der Waals surface area contributed by atoms with Gasteiger partial charge in [-0.25, -0.2) is 4.98 Å². The summed E-state index contributed by atoms with van der Waals surface area (Å²) >= 11 is 1.17. The van der Waals surface area contributed by atoms with Crippen LogP contribution in [-0.2, 0) is 6.18 Å². The molecule has 0 aliphatic heterocycles. The van der Waals surface area contributed by atoms with Crippen LogP contribution in [-0.4, -0.2) is 11.3 Å². The number of hydrogen-bond acceptors (Lipinski definition) is 4. The van der Waals surface area contributed by atoms with Crippen LogP contribution < -0.4 is 0 Å². The highest BCUT2D eigenvalue weighted by Gasteiger charge is 2.32. The summed E-state index contributed by atoms with van der Waals surface area (Å²) in [5.74, 6) is 1.12. The molecule has 0 bridgehead atoms. The SMILES string of the molecule is O=Cc1nc(-c2cc3ccc(C(F)(F)F)cc3s2)oc1C1CC1. The molecular weight excluding hydrogens is 327 g/mol. The molecule has 1 fully saturated rings. The molecule has 3 nitrogen and oxygen atoms in total. The van der Waals surface area contributed by atoms with Crippen molar-refractivity contribution in [1.82, 2.24) is 4.98 Å². The maximum Gasteiger partial charge on any atom is 0.416 e. The highest BCUT2D eigenvalue weighted by atomic mass is 32.1. The van der Waals surface area contributed by atoms with Crippen molar-refractivity contribution < 1.29 is 22.4 Å². The highest BCUT2D eigenvalue weighted by Crippen LogP contribution is 2.44. The smallest absolute Gasteiger partial charge is 0.416 e. The maximum atomic E-state index is 12.8. The Kier molecular flexibility index (Phi) is 3.09. The molecule has 4 rings (SSSR count). The lowest BCUT2D eigenvalue weighted by atomic mass is 10.1. The molecular formula is C16H10F3NO2S. The lowest BCUT2D eigenvalue weighted by Crippen LogP contribution is -2.03. The van der Waals surface area contributed by atoms with Crippen LogP contribution in [0, 0.1) is 0 Å². The van der Waals surface area contributed by atoms with Gasteiger partial charge in [-0.2, -0.15) is 13.2 Å². The maximum absolute atomic E-state index is 12.8. The lowest BCUT2D eigenvalue weighted by Gasteiger charge is -2.05. The number of benzene rings is 1. The molecule has 0 radical (unpaired) electrons. The summed E-state index contributed by atoms with van der Waals surface area (Å²) < 4.78 is 44.5. The van der Waals surface area contributed by atoms with Crippen LogP contribution >= 0.6 is 11.3 Å². The molecule has 0 N–H and O–H groups in total. The van der Waals surface area contributed by atoms with Crippen molar-refractivity contribution in [2.24, 2.45) is 0 Å². The Hall–Kier alpha value is -2.15. The quantitative estimate of drug-likeness (QED) is 0.612. The summed E-state index contributed by atoms with van der Waals surface area (Å²) in [6.45, 7) is 0. The van der Waals surface area contributed by atoms with Crippen molar-refractivity contribution in [2.45, 2.75) is 24.9 Å². The first-order valence-electron chi connectivity index (χ1n) is 7.03. The third-order valence-electron chi connectivity index (χ3n) is 3.80. The number of alkyl halides is 3. The number of oxazole rings is 1. The zero-order valence-corrected chi connectivity index (χ0v) is 12.5. The molecule has 0 amide bonds. The minimum absolute atomic E-state index is 0.239. The van der Waals surface area contributed by atoms with Gasteiger partial charge in [0.2, 0.25) is 5.89 Å². The second-order valence-corrected chi connectivity index (χ2v) is 6.61. The van der Waals surface area contributed by atoms with Crippen LogP contribution in [0.15, 0.2) is 28.7 Å². The van der Waals surface area contributed by atoms with E-state index in [1.165, 1.54) is 17.4 Å². The molecule has 118 valence electrons. The van der Waals surface area contributed by atoms with Crippen molar-refractivity contribution in [3.05, 3.63) is 41.3 Å². The third kappa shape index (κ3) is 2.55. The number of fused-ring (bicyclic) bond motifs is 1. The Morgan fingerprint density at radius 1 is 1.26 bits per heavy atom. The minimum atomic E-state index is -4.37. The molecule has 2 aromatic heterocycles. The van der Waals surface area contributed by atoms with Gasteiger partial charge in [-0.05, 0) is 36.4 Å². The number of thiophene rings is 1. The second kappa shape index (κ2) is 4.92. The van der Waals surface area contributed by atoms with E-state index in [-0.39, 0.29) is 11.6 Å². The number of carbonyl (C=O) groups is 1. The second-order valence-electron chi connectivity index (χ2n) is 5.52. The molecule has 1 aliphatic carbocycles. The molecule has 0 saturated heterocycles. The normalized spacial score (nSPS) is 15.3. The standard InChI is InChI=1S/C16H10F3NO2S/c17-16(18,19)10-4-3-9-5-13(23-12(9)6-10)15-20-11(7-21)14(22-15)8-1-2-8/h3-8H,1-2H2. The minimum Gasteiger partial charge on any atom is -0.439 e. The van der Waals surface area contributed by atoms with Crippen LogP contribution in [0.3, 0.4) is 0 Å². The molecule has 1 aromatic carbocycles. The Balaban J connectivity index is 1.78. The summed E-state index contributed by atoms with van der Waals surface area (Å²) in [5.41, 5.74) is -0.394. The van der Waals surface area contributed by atoms with Gasteiger partial charge in [0.05, 0.1) is 10.4 Å². The van der Waals surface area contributed by atoms with E-state index in [1.54, 1.807) is 6.07 Å². The van der Waals surface area contributed by atoms with Crippen LogP contribution in [0.4, 0.5) is 13.2 Å². The summed E-state index contributed by atoms with van der Waals surface area (Å²) in [7, 11) is 0. The monoisotopic (exact) mass is 337 g/mol. The van der Waals surface area contributed by atoms with Crippen molar-refractivity contribution in [1.29, 1.82) is 0 Å². The number of carbonyl (C=O) groups excluding carboxylic acids is 1. The molecule has 0 atom stereocenters. The van der Waals surface area contributed by atoms with Gasteiger partial charge >= 0.3 is 6.18 Å². The summed E-state index contributed by atoms with van der Waals surface area (Å²) in [5, 5.41) is 0.692. The first kappa shape index (κ1) is 14.4. The molecule has 2 heterocycles. The number of aromatic nitrogens is 1. The van der Waals surface area contributed by atoms with Gasteiger partial charge in [0.25, 0.3) is 0 Å². The van der Waals surface area contributed by atoms with Crippen LogP contribution in [0.1, 0.15) is 40.6 Å². The van der Waals surface area contributed by atoms with Crippen molar-refractivity contribution in [3.63, 3.8) is 0 Å². The van der Waals surface area contributed by atoms with E-state index in [0.717, 1.165) is 25.0 Å². The van der Waals surface area contributed by atoms with Gasteiger partial charge < -0.3 is 4.42 Å². The fraction of sp³-hybridized carbons (Fsp3) is 0.250. The fourth-order valence-corrected chi connectivity index (χ4v) is 3.51. The number of aldehydes is 1. The zero-order chi connectivity index (χ0) is 16.2. The largest absolute Gasteiger partial charge is 0.439 e. The average Bonchev–Trinajstić information content (AvgIpc) is 3.12. The van der Waals surface area contributed by atoms with E-state index in [2.05, 4.69) is 4.98 Å². The predicted octanol–water partition coefficient (Wildman–Crippen LogP) is 5.27. The van der Waals surface area contributed by atoms with Crippen molar-refractivity contribution in [2.75, 3.05) is 0 Å². The van der Waals surface area contributed by atoms with Gasteiger partial charge in [0.15, 0.2) is 6.29 Å². The van der Waals surface area contributed by atoms with E-state index >= 15 is 0 Å². The molecule has 0 unspecified atom stereocenters. The molecule has 1 aliphatic rings. The number of rotatable bonds is 3. The Labute approximate surface area is 132 Å². The Bertz CT molecular complexity index is 906. The fourth-order valence-electron chi connectivity index (χ4n) is 2.48. The first-order chi connectivity index (χ1) is 11.0. The van der Waals surface area contributed by atoms with Crippen LogP contribution in [0.2, 0.25) is 0 Å². The lowest BCUT2D eigenvalue weighted by molar-refractivity contribution is -0.137. The zero-order valence-electron chi connectivity index (χ0n) is 11.7. The first-order valence-corrected chi connectivity index (χ1v) is 7.84. The van der Waals surface area contributed by atoms with Crippen molar-refractivity contribution in [3.8, 4) is 10.8 Å². The number of nitrogens with zero attached hydrogens (tertiary/aromatic N) is 1. The van der Waals surface area contributed by atoms with Gasteiger partial charge in [0, 0.05) is 10.6 Å². The Morgan fingerprint density at radius 2 is 2.04 bits per heavy atom. The molecule has 23 heavy (non-hydrogen) atoms. The number of hydrogen-bond donors (Lipinski definition) is 0. The summed E-state index contributed by atoms with van der Waals surface area (Å²) in [6, 6.07) is 5.34. The highest BCUT2D eigenvalue weighted by molar-refractivity contribution is 7.22.